The number of rotatable bonds is 5. The van der Waals surface area contributed by atoms with Crippen molar-refractivity contribution in [1.82, 2.24) is 4.98 Å². The highest BCUT2D eigenvalue weighted by molar-refractivity contribution is 5.71. The molecular formula is C15H17N3O2. The standard InChI is InChI=1S/C15H17N3O2/c1-3-9-16-14-8-7-13(18(19)20)15(17-14)12-6-4-5-11(2)10-12/h4-8,10H,3,9H2,1-2H3,(H,16,17). The molecule has 5 nitrogen and oxygen atoms in total. The Kier molecular flexibility index (Phi) is 4.30. The summed E-state index contributed by atoms with van der Waals surface area (Å²) in [6.07, 6.45) is 0.971. The van der Waals surface area contributed by atoms with Crippen LogP contribution in [-0.2, 0) is 0 Å². The highest BCUT2D eigenvalue weighted by Gasteiger charge is 2.17. The number of pyridine rings is 1. The van der Waals surface area contributed by atoms with Crippen LogP contribution in [0.3, 0.4) is 0 Å². The molecule has 0 amide bonds. The summed E-state index contributed by atoms with van der Waals surface area (Å²) < 4.78 is 0. The zero-order valence-electron chi connectivity index (χ0n) is 11.6. The number of nitro groups is 1. The first kappa shape index (κ1) is 14.0. The molecular weight excluding hydrogens is 254 g/mol. The van der Waals surface area contributed by atoms with Crippen molar-refractivity contribution < 1.29 is 4.92 Å². The SMILES string of the molecule is CCCNc1ccc([N+](=O)[O-])c(-c2cccc(C)c2)n1. The molecule has 0 fully saturated rings. The molecule has 104 valence electrons. The van der Waals surface area contributed by atoms with E-state index in [4.69, 9.17) is 0 Å². The van der Waals surface area contributed by atoms with E-state index < -0.39 is 4.92 Å². The van der Waals surface area contributed by atoms with Gasteiger partial charge in [-0.15, -0.1) is 0 Å². The lowest BCUT2D eigenvalue weighted by Crippen LogP contribution is -2.04. The Morgan fingerprint density at radius 1 is 1.30 bits per heavy atom. The molecule has 0 atom stereocenters. The van der Waals surface area contributed by atoms with Crippen molar-refractivity contribution in [2.24, 2.45) is 0 Å². The first-order valence-corrected chi connectivity index (χ1v) is 6.58. The number of anilines is 1. The number of hydrogen-bond acceptors (Lipinski definition) is 4. The Balaban J connectivity index is 2.49. The number of nitrogens with one attached hydrogen (secondary N) is 1. The van der Waals surface area contributed by atoms with Gasteiger partial charge in [0.15, 0.2) is 5.69 Å². The van der Waals surface area contributed by atoms with E-state index in [1.165, 1.54) is 6.07 Å². The monoisotopic (exact) mass is 271 g/mol. The molecule has 0 bridgehead atoms. The molecule has 0 saturated carbocycles. The minimum Gasteiger partial charge on any atom is -0.370 e. The van der Waals surface area contributed by atoms with Gasteiger partial charge in [0.1, 0.15) is 5.82 Å². The van der Waals surface area contributed by atoms with Gasteiger partial charge in [-0.25, -0.2) is 4.98 Å². The highest BCUT2D eigenvalue weighted by Crippen LogP contribution is 2.29. The lowest BCUT2D eigenvalue weighted by Gasteiger charge is -2.08. The van der Waals surface area contributed by atoms with Gasteiger partial charge in [-0.2, -0.15) is 0 Å². The van der Waals surface area contributed by atoms with Gasteiger partial charge in [-0.3, -0.25) is 10.1 Å². The number of nitrogens with zero attached hydrogens (tertiary/aromatic N) is 2. The molecule has 1 aromatic heterocycles. The fraction of sp³-hybridized carbons (Fsp3) is 0.267. The van der Waals surface area contributed by atoms with Gasteiger partial charge in [0, 0.05) is 18.2 Å². The summed E-state index contributed by atoms with van der Waals surface area (Å²) in [5.41, 5.74) is 2.24. The molecule has 1 aromatic carbocycles. The summed E-state index contributed by atoms with van der Waals surface area (Å²) in [5.74, 6) is 0.661. The van der Waals surface area contributed by atoms with E-state index in [1.54, 1.807) is 6.07 Å². The maximum atomic E-state index is 11.2. The van der Waals surface area contributed by atoms with E-state index in [0.717, 1.165) is 24.1 Å². The van der Waals surface area contributed by atoms with Crippen LogP contribution in [-0.4, -0.2) is 16.5 Å². The topological polar surface area (TPSA) is 68.1 Å². The maximum Gasteiger partial charge on any atom is 0.295 e. The minimum atomic E-state index is -0.395. The van der Waals surface area contributed by atoms with Crippen molar-refractivity contribution in [2.75, 3.05) is 11.9 Å². The van der Waals surface area contributed by atoms with Crippen LogP contribution in [0, 0.1) is 17.0 Å². The lowest BCUT2D eigenvalue weighted by molar-refractivity contribution is -0.384. The second kappa shape index (κ2) is 6.14. The fourth-order valence-corrected chi connectivity index (χ4v) is 1.96. The third kappa shape index (κ3) is 3.12. The van der Waals surface area contributed by atoms with Gasteiger partial charge in [0.2, 0.25) is 0 Å². The van der Waals surface area contributed by atoms with Gasteiger partial charge in [0.05, 0.1) is 4.92 Å². The molecule has 0 aliphatic heterocycles. The van der Waals surface area contributed by atoms with E-state index in [-0.39, 0.29) is 5.69 Å². The minimum absolute atomic E-state index is 0.0256. The Morgan fingerprint density at radius 2 is 2.10 bits per heavy atom. The number of aromatic nitrogens is 1. The van der Waals surface area contributed by atoms with Crippen molar-refractivity contribution >= 4 is 11.5 Å². The third-order valence-electron chi connectivity index (χ3n) is 2.92. The average molecular weight is 271 g/mol. The zero-order chi connectivity index (χ0) is 14.5. The second-order valence-corrected chi connectivity index (χ2v) is 4.62. The second-order valence-electron chi connectivity index (χ2n) is 4.62. The molecule has 1 N–H and O–H groups in total. The largest absolute Gasteiger partial charge is 0.370 e. The van der Waals surface area contributed by atoms with E-state index in [0.29, 0.717) is 11.5 Å². The van der Waals surface area contributed by atoms with E-state index in [9.17, 15) is 10.1 Å². The predicted octanol–water partition coefficient (Wildman–Crippen LogP) is 3.79. The van der Waals surface area contributed by atoms with E-state index in [1.807, 2.05) is 31.2 Å². The quantitative estimate of drug-likeness (QED) is 0.663. The molecule has 5 heteroatoms. The van der Waals surface area contributed by atoms with Crippen LogP contribution in [0.2, 0.25) is 0 Å². The molecule has 0 saturated heterocycles. The highest BCUT2D eigenvalue weighted by atomic mass is 16.6. The molecule has 0 unspecified atom stereocenters. The summed E-state index contributed by atoms with van der Waals surface area (Å²) in [6.45, 7) is 4.80. The van der Waals surface area contributed by atoms with Gasteiger partial charge in [-0.1, -0.05) is 30.7 Å². The van der Waals surface area contributed by atoms with Gasteiger partial charge >= 0.3 is 0 Å². The average Bonchev–Trinajstić information content (AvgIpc) is 2.44. The Bertz CT molecular complexity index is 626. The molecule has 0 aliphatic carbocycles. The molecule has 0 aliphatic rings. The Hall–Kier alpha value is -2.43. The molecule has 2 aromatic rings. The van der Waals surface area contributed by atoms with Crippen LogP contribution in [0.5, 0.6) is 0 Å². The van der Waals surface area contributed by atoms with Crippen LogP contribution >= 0.6 is 0 Å². The van der Waals surface area contributed by atoms with Crippen LogP contribution < -0.4 is 5.32 Å². The van der Waals surface area contributed by atoms with E-state index >= 15 is 0 Å². The molecule has 1 heterocycles. The van der Waals surface area contributed by atoms with Crippen molar-refractivity contribution in [2.45, 2.75) is 20.3 Å². The van der Waals surface area contributed by atoms with Crippen molar-refractivity contribution in [3.63, 3.8) is 0 Å². The van der Waals surface area contributed by atoms with Gasteiger partial charge < -0.3 is 5.32 Å². The van der Waals surface area contributed by atoms with E-state index in [2.05, 4.69) is 17.2 Å². The number of benzene rings is 1. The Labute approximate surface area is 117 Å². The van der Waals surface area contributed by atoms with Gasteiger partial charge in [-0.05, 0) is 25.5 Å². The molecule has 0 radical (unpaired) electrons. The van der Waals surface area contributed by atoms with Crippen molar-refractivity contribution in [3.05, 3.63) is 52.1 Å². The van der Waals surface area contributed by atoms with Crippen LogP contribution in [0.25, 0.3) is 11.3 Å². The molecule has 0 spiro atoms. The predicted molar refractivity (Wildman–Crippen MR) is 79.8 cm³/mol. The molecule has 20 heavy (non-hydrogen) atoms. The summed E-state index contributed by atoms with van der Waals surface area (Å²) in [6, 6.07) is 10.7. The Morgan fingerprint density at radius 3 is 2.75 bits per heavy atom. The van der Waals surface area contributed by atoms with Crippen LogP contribution in [0.15, 0.2) is 36.4 Å². The smallest absolute Gasteiger partial charge is 0.295 e. The third-order valence-corrected chi connectivity index (χ3v) is 2.92. The summed E-state index contributed by atoms with van der Waals surface area (Å²) in [5, 5.41) is 14.3. The first-order chi connectivity index (χ1) is 9.61. The fourth-order valence-electron chi connectivity index (χ4n) is 1.96. The van der Waals surface area contributed by atoms with Crippen molar-refractivity contribution in [3.8, 4) is 11.3 Å². The summed E-state index contributed by atoms with van der Waals surface area (Å²) in [4.78, 5) is 15.1. The zero-order valence-corrected chi connectivity index (χ0v) is 11.6. The molecule has 2 rings (SSSR count). The normalized spacial score (nSPS) is 10.3. The van der Waals surface area contributed by atoms with Crippen molar-refractivity contribution in [1.29, 1.82) is 0 Å². The van der Waals surface area contributed by atoms with Gasteiger partial charge in [0.25, 0.3) is 5.69 Å². The lowest BCUT2D eigenvalue weighted by atomic mass is 10.1. The number of hydrogen-bond donors (Lipinski definition) is 1. The van der Waals surface area contributed by atoms with Crippen LogP contribution in [0.1, 0.15) is 18.9 Å². The van der Waals surface area contributed by atoms with Crippen LogP contribution in [0.4, 0.5) is 11.5 Å². The number of aryl methyl sites for hydroxylation is 1. The summed E-state index contributed by atoms with van der Waals surface area (Å²) >= 11 is 0. The maximum absolute atomic E-state index is 11.2. The summed E-state index contributed by atoms with van der Waals surface area (Å²) in [7, 11) is 0. The first-order valence-electron chi connectivity index (χ1n) is 6.58.